The summed E-state index contributed by atoms with van der Waals surface area (Å²) in [5.74, 6) is -1.42. The zero-order valence-corrected chi connectivity index (χ0v) is 12.8. The second-order valence-electron chi connectivity index (χ2n) is 4.58. The Hall–Kier alpha value is -1.85. The Morgan fingerprint density at radius 1 is 1.14 bits per heavy atom. The number of carboxylic acid groups (broad SMARTS) is 1. The van der Waals surface area contributed by atoms with E-state index >= 15 is 0 Å². The van der Waals surface area contributed by atoms with Crippen LogP contribution in [0, 0.1) is 6.92 Å². The van der Waals surface area contributed by atoms with E-state index in [9.17, 15) is 13.2 Å². The fourth-order valence-electron chi connectivity index (χ4n) is 2.08. The van der Waals surface area contributed by atoms with Crippen LogP contribution in [-0.2, 0) is 15.6 Å². The number of halogens is 1. The van der Waals surface area contributed by atoms with Gasteiger partial charge in [0.25, 0.3) is 0 Å². The molecular formula is C15H13ClO4S. The van der Waals surface area contributed by atoms with Crippen LogP contribution >= 0.6 is 11.6 Å². The Bertz CT molecular complexity index is 797. The van der Waals surface area contributed by atoms with Crippen LogP contribution in [0.1, 0.15) is 21.5 Å². The van der Waals surface area contributed by atoms with Crippen LogP contribution in [0.2, 0.25) is 5.02 Å². The first kappa shape index (κ1) is 15.5. The highest BCUT2D eigenvalue weighted by atomic mass is 35.5. The van der Waals surface area contributed by atoms with Gasteiger partial charge in [-0.05, 0) is 36.2 Å². The minimum atomic E-state index is -3.67. The average Bonchev–Trinajstić information content (AvgIpc) is 2.41. The third-order valence-corrected chi connectivity index (χ3v) is 5.33. The van der Waals surface area contributed by atoms with E-state index in [0.29, 0.717) is 10.6 Å². The summed E-state index contributed by atoms with van der Waals surface area (Å²) in [6, 6.07) is 10.9. The molecule has 110 valence electrons. The Labute approximate surface area is 127 Å². The van der Waals surface area contributed by atoms with Crippen molar-refractivity contribution in [3.05, 3.63) is 64.2 Å². The molecule has 0 amide bonds. The Balaban J connectivity index is 2.48. The fourth-order valence-corrected chi connectivity index (χ4v) is 4.04. The number of benzene rings is 2. The normalized spacial score (nSPS) is 11.3. The summed E-state index contributed by atoms with van der Waals surface area (Å²) < 4.78 is 25.0. The molecule has 0 saturated heterocycles. The highest BCUT2D eigenvalue weighted by molar-refractivity contribution is 7.90. The number of carbonyl (C=O) groups is 1. The minimum absolute atomic E-state index is 0.0160. The maximum Gasteiger partial charge on any atom is 0.335 e. The quantitative estimate of drug-likeness (QED) is 0.936. The third kappa shape index (κ3) is 3.25. The van der Waals surface area contributed by atoms with E-state index in [1.54, 1.807) is 24.3 Å². The van der Waals surface area contributed by atoms with Crippen LogP contribution in [0.25, 0.3) is 0 Å². The molecule has 2 rings (SSSR count). The molecule has 0 saturated carbocycles. The molecule has 0 aliphatic carbocycles. The molecule has 0 aliphatic heterocycles. The Kier molecular flexibility index (Phi) is 4.34. The fraction of sp³-hybridized carbons (Fsp3) is 0.133. The van der Waals surface area contributed by atoms with Gasteiger partial charge in [-0.25, -0.2) is 13.2 Å². The van der Waals surface area contributed by atoms with Gasteiger partial charge in [0.1, 0.15) is 0 Å². The van der Waals surface area contributed by atoms with Gasteiger partial charge in [0.05, 0.1) is 16.2 Å². The van der Waals surface area contributed by atoms with Gasteiger partial charge in [-0.15, -0.1) is 0 Å². The summed E-state index contributed by atoms with van der Waals surface area (Å²) in [7, 11) is -3.67. The van der Waals surface area contributed by atoms with Gasteiger partial charge in [-0.3, -0.25) is 0 Å². The van der Waals surface area contributed by atoms with Crippen molar-refractivity contribution in [2.45, 2.75) is 17.6 Å². The second-order valence-corrected chi connectivity index (χ2v) is 6.95. The molecular weight excluding hydrogens is 312 g/mol. The molecule has 6 heteroatoms. The molecule has 21 heavy (non-hydrogen) atoms. The van der Waals surface area contributed by atoms with E-state index in [0.717, 1.165) is 0 Å². The van der Waals surface area contributed by atoms with Crippen molar-refractivity contribution in [1.82, 2.24) is 0 Å². The van der Waals surface area contributed by atoms with Crippen LogP contribution in [-0.4, -0.2) is 19.5 Å². The topological polar surface area (TPSA) is 71.4 Å². The molecule has 0 atom stereocenters. The number of carboxylic acids is 1. The standard InChI is InChI=1S/C15H13ClO4S/c1-10-12(15(17)18)6-4-8-14(10)21(19,20)9-11-5-2-3-7-13(11)16/h2-8H,9H2,1H3,(H,17,18). The number of rotatable bonds is 4. The average molecular weight is 325 g/mol. The van der Waals surface area contributed by atoms with Crippen molar-refractivity contribution in [1.29, 1.82) is 0 Å². The van der Waals surface area contributed by atoms with E-state index in [1.807, 2.05) is 0 Å². The van der Waals surface area contributed by atoms with Crippen molar-refractivity contribution in [3.8, 4) is 0 Å². The van der Waals surface area contributed by atoms with Crippen LogP contribution in [0.4, 0.5) is 0 Å². The first-order valence-electron chi connectivity index (χ1n) is 6.12. The number of sulfone groups is 1. The van der Waals surface area contributed by atoms with Crippen LogP contribution < -0.4 is 0 Å². The highest BCUT2D eigenvalue weighted by Crippen LogP contribution is 2.25. The van der Waals surface area contributed by atoms with Crippen LogP contribution in [0.15, 0.2) is 47.4 Å². The van der Waals surface area contributed by atoms with E-state index in [1.165, 1.54) is 25.1 Å². The summed E-state index contributed by atoms with van der Waals surface area (Å²) in [5, 5.41) is 9.44. The van der Waals surface area contributed by atoms with Crippen molar-refractivity contribution in [2.24, 2.45) is 0 Å². The molecule has 0 fully saturated rings. The van der Waals surface area contributed by atoms with Gasteiger partial charge in [0, 0.05) is 5.02 Å². The van der Waals surface area contributed by atoms with Crippen molar-refractivity contribution in [2.75, 3.05) is 0 Å². The van der Waals surface area contributed by atoms with E-state index in [4.69, 9.17) is 16.7 Å². The molecule has 2 aromatic rings. The van der Waals surface area contributed by atoms with Gasteiger partial charge in [0.2, 0.25) is 0 Å². The summed E-state index contributed by atoms with van der Waals surface area (Å²) in [4.78, 5) is 11.1. The van der Waals surface area contributed by atoms with E-state index < -0.39 is 15.8 Å². The summed E-state index contributed by atoms with van der Waals surface area (Å²) >= 11 is 5.98. The maximum absolute atomic E-state index is 12.5. The third-order valence-electron chi connectivity index (χ3n) is 3.15. The van der Waals surface area contributed by atoms with E-state index in [-0.39, 0.29) is 21.8 Å². The van der Waals surface area contributed by atoms with Crippen molar-refractivity contribution in [3.63, 3.8) is 0 Å². The molecule has 0 spiro atoms. The maximum atomic E-state index is 12.5. The Morgan fingerprint density at radius 2 is 1.81 bits per heavy atom. The van der Waals surface area contributed by atoms with E-state index in [2.05, 4.69) is 0 Å². The molecule has 2 aromatic carbocycles. The highest BCUT2D eigenvalue weighted by Gasteiger charge is 2.22. The first-order chi connectivity index (χ1) is 9.83. The van der Waals surface area contributed by atoms with Gasteiger partial charge in [-0.2, -0.15) is 0 Å². The Morgan fingerprint density at radius 3 is 2.43 bits per heavy atom. The number of aromatic carboxylic acids is 1. The van der Waals surface area contributed by atoms with Crippen molar-refractivity contribution < 1.29 is 18.3 Å². The summed E-state index contributed by atoms with van der Waals surface area (Å²) in [6.45, 7) is 1.49. The predicted molar refractivity (Wildman–Crippen MR) is 80.5 cm³/mol. The molecule has 0 bridgehead atoms. The van der Waals surface area contributed by atoms with Gasteiger partial charge >= 0.3 is 5.97 Å². The van der Waals surface area contributed by atoms with Crippen LogP contribution in [0.5, 0.6) is 0 Å². The number of hydrogen-bond donors (Lipinski definition) is 1. The summed E-state index contributed by atoms with van der Waals surface area (Å²) in [6.07, 6.45) is 0. The zero-order valence-electron chi connectivity index (χ0n) is 11.2. The molecule has 0 heterocycles. The van der Waals surface area contributed by atoms with Crippen molar-refractivity contribution >= 4 is 27.4 Å². The molecule has 4 nitrogen and oxygen atoms in total. The molecule has 1 N–H and O–H groups in total. The lowest BCUT2D eigenvalue weighted by Gasteiger charge is -2.10. The largest absolute Gasteiger partial charge is 0.478 e. The lowest BCUT2D eigenvalue weighted by Crippen LogP contribution is -2.10. The van der Waals surface area contributed by atoms with Crippen LogP contribution in [0.3, 0.4) is 0 Å². The number of hydrogen-bond acceptors (Lipinski definition) is 3. The summed E-state index contributed by atoms with van der Waals surface area (Å²) in [5.41, 5.74) is 0.701. The lowest BCUT2D eigenvalue weighted by atomic mass is 10.1. The molecule has 0 unspecified atom stereocenters. The van der Waals surface area contributed by atoms with Gasteiger partial charge < -0.3 is 5.11 Å². The minimum Gasteiger partial charge on any atom is -0.478 e. The van der Waals surface area contributed by atoms with Gasteiger partial charge in [0.15, 0.2) is 9.84 Å². The molecule has 0 aromatic heterocycles. The SMILES string of the molecule is Cc1c(C(=O)O)cccc1S(=O)(=O)Cc1ccccc1Cl. The monoisotopic (exact) mass is 324 g/mol. The zero-order chi connectivity index (χ0) is 15.6. The second kappa shape index (κ2) is 5.87. The molecule has 0 radical (unpaired) electrons. The first-order valence-corrected chi connectivity index (χ1v) is 8.15. The molecule has 0 aliphatic rings. The van der Waals surface area contributed by atoms with Gasteiger partial charge in [-0.1, -0.05) is 35.9 Å². The predicted octanol–water partition coefficient (Wildman–Crippen LogP) is 3.32. The lowest BCUT2D eigenvalue weighted by molar-refractivity contribution is 0.0696. The smallest absolute Gasteiger partial charge is 0.335 e.